The molecule has 1 amide bonds. The molecule has 0 aliphatic heterocycles. The first kappa shape index (κ1) is 21.4. The minimum Gasteiger partial charge on any atom is -0.497 e. The zero-order chi connectivity index (χ0) is 21.7. The van der Waals surface area contributed by atoms with Crippen molar-refractivity contribution in [2.75, 3.05) is 39.2 Å². The quantitative estimate of drug-likeness (QED) is 0.309. The van der Waals surface area contributed by atoms with Crippen molar-refractivity contribution in [2.45, 2.75) is 0 Å². The number of methoxy groups -OCH3 is 1. The lowest BCUT2D eigenvalue weighted by molar-refractivity contribution is -0.384. The highest BCUT2D eigenvalue weighted by Crippen LogP contribution is 2.31. The molecule has 0 bridgehead atoms. The topological polar surface area (TPSA) is 88.8 Å². The minimum absolute atomic E-state index is 0.0102. The zero-order valence-electron chi connectivity index (χ0n) is 16.9. The van der Waals surface area contributed by atoms with Gasteiger partial charge in [0.15, 0.2) is 5.13 Å². The van der Waals surface area contributed by atoms with Crippen LogP contribution in [0.25, 0.3) is 16.3 Å². The molecule has 9 heteroatoms. The number of hydrogen-bond acceptors (Lipinski definition) is 7. The van der Waals surface area contributed by atoms with Crippen LogP contribution in [0.3, 0.4) is 0 Å². The number of thiazole rings is 1. The molecule has 8 nitrogen and oxygen atoms in total. The van der Waals surface area contributed by atoms with Crippen molar-refractivity contribution in [3.05, 3.63) is 64.2 Å². The van der Waals surface area contributed by atoms with Crippen molar-refractivity contribution < 1.29 is 14.5 Å². The van der Waals surface area contributed by atoms with E-state index >= 15 is 0 Å². The van der Waals surface area contributed by atoms with E-state index < -0.39 is 4.92 Å². The Hall–Kier alpha value is -3.30. The summed E-state index contributed by atoms with van der Waals surface area (Å²) in [4.78, 5) is 31.5. The van der Waals surface area contributed by atoms with Crippen LogP contribution in [0.15, 0.2) is 48.5 Å². The molecule has 30 heavy (non-hydrogen) atoms. The molecule has 0 unspecified atom stereocenters. The third kappa shape index (κ3) is 5.19. The molecule has 3 rings (SSSR count). The number of fused-ring (bicyclic) bond motifs is 1. The molecule has 0 aliphatic carbocycles. The predicted octanol–water partition coefficient (Wildman–Crippen LogP) is 3.82. The summed E-state index contributed by atoms with van der Waals surface area (Å²) in [5, 5.41) is 11.4. The van der Waals surface area contributed by atoms with E-state index in [0.29, 0.717) is 23.8 Å². The van der Waals surface area contributed by atoms with Gasteiger partial charge in [0.1, 0.15) is 5.75 Å². The van der Waals surface area contributed by atoms with Crippen LogP contribution in [0.1, 0.15) is 5.56 Å². The zero-order valence-corrected chi connectivity index (χ0v) is 17.8. The Labute approximate surface area is 178 Å². The van der Waals surface area contributed by atoms with Crippen molar-refractivity contribution in [2.24, 2.45) is 0 Å². The van der Waals surface area contributed by atoms with Crippen LogP contribution in [0.5, 0.6) is 5.75 Å². The van der Waals surface area contributed by atoms with Gasteiger partial charge in [0, 0.05) is 31.3 Å². The van der Waals surface area contributed by atoms with Crippen LogP contribution in [0.2, 0.25) is 0 Å². The SMILES string of the molecule is COc1ccc2nc(N(CCN(C)C)C(=O)/C=C\c3ccc([N+](=O)[O-])cc3)sc2c1. The fourth-order valence-corrected chi connectivity index (χ4v) is 3.73. The molecule has 0 atom stereocenters. The second-order valence-corrected chi connectivity index (χ2v) is 7.81. The number of nitro groups is 1. The Morgan fingerprint density at radius 2 is 1.93 bits per heavy atom. The number of anilines is 1. The monoisotopic (exact) mass is 426 g/mol. The Balaban J connectivity index is 1.85. The maximum Gasteiger partial charge on any atom is 0.269 e. The van der Waals surface area contributed by atoms with E-state index in [-0.39, 0.29) is 11.6 Å². The molecule has 2 aromatic carbocycles. The highest BCUT2D eigenvalue weighted by molar-refractivity contribution is 7.22. The lowest BCUT2D eigenvalue weighted by Crippen LogP contribution is -2.35. The molecule has 1 heterocycles. The van der Waals surface area contributed by atoms with Gasteiger partial charge in [0.2, 0.25) is 0 Å². The molecule has 156 valence electrons. The number of aromatic nitrogens is 1. The smallest absolute Gasteiger partial charge is 0.269 e. The average molecular weight is 426 g/mol. The molecular formula is C21H22N4O4S. The number of nitrogens with zero attached hydrogens (tertiary/aromatic N) is 4. The second kappa shape index (κ2) is 9.47. The summed E-state index contributed by atoms with van der Waals surface area (Å²) in [5.74, 6) is 0.531. The number of benzene rings is 2. The Morgan fingerprint density at radius 1 is 1.20 bits per heavy atom. The molecule has 0 aliphatic rings. The van der Waals surface area contributed by atoms with Crippen LogP contribution in [-0.2, 0) is 4.79 Å². The van der Waals surface area contributed by atoms with Gasteiger partial charge in [0.05, 0.1) is 22.2 Å². The number of carbonyl (C=O) groups is 1. The molecule has 0 spiro atoms. The summed E-state index contributed by atoms with van der Waals surface area (Å²) < 4.78 is 6.20. The number of non-ortho nitro benzene ring substituents is 1. The van der Waals surface area contributed by atoms with Gasteiger partial charge in [-0.05, 0) is 56.1 Å². The third-order valence-electron chi connectivity index (χ3n) is 4.37. The number of hydrogen-bond donors (Lipinski definition) is 0. The van der Waals surface area contributed by atoms with Gasteiger partial charge in [-0.25, -0.2) is 4.98 Å². The van der Waals surface area contributed by atoms with E-state index in [1.165, 1.54) is 29.5 Å². The van der Waals surface area contributed by atoms with Crippen molar-refractivity contribution in [1.29, 1.82) is 0 Å². The normalized spacial score (nSPS) is 11.3. The Morgan fingerprint density at radius 3 is 2.57 bits per heavy atom. The molecule has 0 fully saturated rings. The number of likely N-dealkylation sites (N-methyl/N-ethyl adjacent to an activating group) is 1. The third-order valence-corrected chi connectivity index (χ3v) is 5.42. The van der Waals surface area contributed by atoms with Gasteiger partial charge in [-0.3, -0.25) is 19.8 Å². The second-order valence-electron chi connectivity index (χ2n) is 6.81. The van der Waals surface area contributed by atoms with Crippen LogP contribution in [-0.4, -0.2) is 55.0 Å². The van der Waals surface area contributed by atoms with Gasteiger partial charge in [0.25, 0.3) is 11.6 Å². The van der Waals surface area contributed by atoms with Crippen molar-refractivity contribution >= 4 is 44.4 Å². The minimum atomic E-state index is -0.455. The number of rotatable bonds is 8. The van der Waals surface area contributed by atoms with Crippen molar-refractivity contribution in [3.8, 4) is 5.75 Å². The average Bonchev–Trinajstić information content (AvgIpc) is 3.15. The lowest BCUT2D eigenvalue weighted by atomic mass is 10.2. The highest BCUT2D eigenvalue weighted by Gasteiger charge is 2.18. The Bertz CT molecular complexity index is 1080. The number of carbonyl (C=O) groups excluding carboxylic acids is 1. The van der Waals surface area contributed by atoms with Crippen LogP contribution in [0, 0.1) is 10.1 Å². The summed E-state index contributed by atoms with van der Waals surface area (Å²) >= 11 is 1.43. The molecule has 0 N–H and O–H groups in total. The Kier molecular flexibility index (Phi) is 6.76. The maximum absolute atomic E-state index is 13.0. The van der Waals surface area contributed by atoms with Crippen molar-refractivity contribution in [1.82, 2.24) is 9.88 Å². The van der Waals surface area contributed by atoms with E-state index in [2.05, 4.69) is 4.98 Å². The van der Waals surface area contributed by atoms with Gasteiger partial charge >= 0.3 is 0 Å². The summed E-state index contributed by atoms with van der Waals surface area (Å²) in [5.41, 5.74) is 1.52. The van der Waals surface area contributed by atoms with Crippen LogP contribution < -0.4 is 9.64 Å². The molecular weight excluding hydrogens is 404 g/mol. The predicted molar refractivity (Wildman–Crippen MR) is 119 cm³/mol. The number of ether oxygens (including phenoxy) is 1. The summed E-state index contributed by atoms with van der Waals surface area (Å²) in [6.07, 6.45) is 3.11. The first-order valence-electron chi connectivity index (χ1n) is 9.20. The fraction of sp³-hybridized carbons (Fsp3) is 0.238. The van der Waals surface area contributed by atoms with Crippen LogP contribution >= 0.6 is 11.3 Å². The van der Waals surface area contributed by atoms with E-state index in [1.807, 2.05) is 37.2 Å². The largest absolute Gasteiger partial charge is 0.497 e. The first-order valence-corrected chi connectivity index (χ1v) is 10.0. The summed E-state index contributed by atoms with van der Waals surface area (Å²) in [6.45, 7) is 1.16. The van der Waals surface area contributed by atoms with Gasteiger partial charge in [-0.1, -0.05) is 11.3 Å². The molecule has 0 radical (unpaired) electrons. The van der Waals surface area contributed by atoms with Crippen LogP contribution in [0.4, 0.5) is 10.8 Å². The van der Waals surface area contributed by atoms with E-state index in [4.69, 9.17) is 4.74 Å². The summed E-state index contributed by atoms with van der Waals surface area (Å²) in [7, 11) is 5.50. The van der Waals surface area contributed by atoms with Gasteiger partial charge < -0.3 is 9.64 Å². The van der Waals surface area contributed by atoms with E-state index in [0.717, 1.165) is 16.0 Å². The van der Waals surface area contributed by atoms with E-state index in [9.17, 15) is 14.9 Å². The first-order chi connectivity index (χ1) is 14.4. The lowest BCUT2D eigenvalue weighted by Gasteiger charge is -2.20. The fourth-order valence-electron chi connectivity index (χ4n) is 2.70. The van der Waals surface area contributed by atoms with Gasteiger partial charge in [-0.2, -0.15) is 0 Å². The van der Waals surface area contributed by atoms with Gasteiger partial charge in [-0.15, -0.1) is 0 Å². The molecule has 0 saturated heterocycles. The molecule has 1 aromatic heterocycles. The van der Waals surface area contributed by atoms with Crippen molar-refractivity contribution in [3.63, 3.8) is 0 Å². The highest BCUT2D eigenvalue weighted by atomic mass is 32.1. The molecule has 3 aromatic rings. The number of nitro benzene ring substituents is 1. The maximum atomic E-state index is 13.0. The number of amides is 1. The molecule has 0 saturated carbocycles. The van der Waals surface area contributed by atoms with E-state index in [1.54, 1.807) is 30.2 Å². The summed E-state index contributed by atoms with van der Waals surface area (Å²) in [6, 6.07) is 11.6. The standard InChI is InChI=1S/C21H22N4O4S/c1-23(2)12-13-24(21-22-18-10-9-17(29-3)14-19(18)30-21)20(26)11-6-15-4-7-16(8-5-15)25(27)28/h4-11,14H,12-13H2,1-3H3/b11-6-.